The van der Waals surface area contributed by atoms with E-state index < -0.39 is 6.10 Å². The molecule has 0 saturated heterocycles. The van der Waals surface area contributed by atoms with Gasteiger partial charge >= 0.3 is 0 Å². The smallest absolute Gasteiger partial charge is 0.134 e. The molecular weight excluding hydrogens is 200 g/mol. The first-order valence-corrected chi connectivity index (χ1v) is 6.02. The van der Waals surface area contributed by atoms with Gasteiger partial charge in [-0.05, 0) is 31.7 Å². The first-order valence-electron chi connectivity index (χ1n) is 6.02. The summed E-state index contributed by atoms with van der Waals surface area (Å²) < 4.78 is 0. The van der Waals surface area contributed by atoms with Crippen molar-refractivity contribution >= 4 is 5.82 Å². The lowest BCUT2D eigenvalue weighted by atomic mass is 9.85. The average Bonchev–Trinajstić information content (AvgIpc) is 2.23. The fraction of sp³-hybridized carbons (Fsp3) is 0.615. The molecule has 0 aliphatic heterocycles. The van der Waals surface area contributed by atoms with Gasteiger partial charge in [0.1, 0.15) is 5.82 Å². The van der Waals surface area contributed by atoms with Crippen molar-refractivity contribution in [3.8, 4) is 0 Å². The Labute approximate surface area is 97.1 Å². The Morgan fingerprint density at radius 2 is 2.31 bits per heavy atom. The number of nitrogens with zero attached hydrogens (tertiary/aromatic N) is 2. The normalized spacial score (nSPS) is 17.9. The quantitative estimate of drug-likeness (QED) is 0.846. The van der Waals surface area contributed by atoms with Crippen LogP contribution in [0.3, 0.4) is 0 Å². The van der Waals surface area contributed by atoms with E-state index in [0.717, 1.165) is 23.8 Å². The molecule has 1 heterocycles. The number of rotatable bonds is 4. The number of hydrogen-bond donors (Lipinski definition) is 1. The Balaban J connectivity index is 2.11. The fourth-order valence-corrected chi connectivity index (χ4v) is 2.20. The standard InChI is InChI=1S/C13H20N2O/c1-10(16)12-7-4-8-14-13(12)15(2)9-11-5-3-6-11/h4,7-8,10-11,16H,3,5-6,9H2,1-2H3. The van der Waals surface area contributed by atoms with Gasteiger partial charge in [0.05, 0.1) is 6.10 Å². The second-order valence-corrected chi connectivity index (χ2v) is 4.77. The highest BCUT2D eigenvalue weighted by molar-refractivity contribution is 5.47. The number of aliphatic hydroxyl groups excluding tert-OH is 1. The highest BCUT2D eigenvalue weighted by atomic mass is 16.3. The lowest BCUT2D eigenvalue weighted by molar-refractivity contribution is 0.199. The lowest BCUT2D eigenvalue weighted by Crippen LogP contribution is -2.30. The number of anilines is 1. The van der Waals surface area contributed by atoms with E-state index in [1.54, 1.807) is 13.1 Å². The lowest BCUT2D eigenvalue weighted by Gasteiger charge is -2.31. The zero-order chi connectivity index (χ0) is 11.5. The first kappa shape index (κ1) is 11.4. The van der Waals surface area contributed by atoms with Gasteiger partial charge in [-0.25, -0.2) is 4.98 Å². The van der Waals surface area contributed by atoms with E-state index in [2.05, 4.69) is 16.9 Å². The van der Waals surface area contributed by atoms with Gasteiger partial charge in [-0.2, -0.15) is 0 Å². The van der Waals surface area contributed by atoms with Crippen LogP contribution in [0.1, 0.15) is 37.9 Å². The summed E-state index contributed by atoms with van der Waals surface area (Å²) in [6.07, 6.45) is 5.37. The molecule has 1 unspecified atom stereocenters. The average molecular weight is 220 g/mol. The molecule has 1 fully saturated rings. The van der Waals surface area contributed by atoms with Crippen molar-refractivity contribution in [1.29, 1.82) is 0 Å². The topological polar surface area (TPSA) is 36.4 Å². The van der Waals surface area contributed by atoms with Crippen LogP contribution in [0.15, 0.2) is 18.3 Å². The third-order valence-electron chi connectivity index (χ3n) is 3.39. The molecule has 1 N–H and O–H groups in total. The highest BCUT2D eigenvalue weighted by Gasteiger charge is 2.21. The molecule has 3 heteroatoms. The summed E-state index contributed by atoms with van der Waals surface area (Å²) in [6, 6.07) is 3.83. The molecule has 3 nitrogen and oxygen atoms in total. The molecule has 0 aromatic carbocycles. The molecule has 1 saturated carbocycles. The van der Waals surface area contributed by atoms with Gasteiger partial charge in [-0.1, -0.05) is 12.5 Å². The largest absolute Gasteiger partial charge is 0.389 e. The third kappa shape index (κ3) is 2.35. The van der Waals surface area contributed by atoms with E-state index in [1.807, 2.05) is 12.1 Å². The number of pyridine rings is 1. The van der Waals surface area contributed by atoms with Gasteiger partial charge in [0, 0.05) is 25.4 Å². The van der Waals surface area contributed by atoms with Crippen molar-refractivity contribution in [2.45, 2.75) is 32.3 Å². The van der Waals surface area contributed by atoms with Crippen LogP contribution >= 0.6 is 0 Å². The number of hydrogen-bond acceptors (Lipinski definition) is 3. The van der Waals surface area contributed by atoms with Crippen LogP contribution in [0.25, 0.3) is 0 Å². The van der Waals surface area contributed by atoms with E-state index in [0.29, 0.717) is 0 Å². The molecular formula is C13H20N2O. The molecule has 0 amide bonds. The Morgan fingerprint density at radius 1 is 1.56 bits per heavy atom. The van der Waals surface area contributed by atoms with Crippen LogP contribution in [0.2, 0.25) is 0 Å². The van der Waals surface area contributed by atoms with E-state index in [-0.39, 0.29) is 0 Å². The summed E-state index contributed by atoms with van der Waals surface area (Å²) in [6.45, 7) is 2.84. The van der Waals surface area contributed by atoms with Gasteiger partial charge in [0.25, 0.3) is 0 Å². The second kappa shape index (κ2) is 4.83. The predicted octanol–water partition coefficient (Wildman–Crippen LogP) is 2.37. The Hall–Kier alpha value is -1.09. The molecule has 0 spiro atoms. The van der Waals surface area contributed by atoms with Gasteiger partial charge in [0.2, 0.25) is 0 Å². The SMILES string of the molecule is CC(O)c1cccnc1N(C)CC1CCC1. The summed E-state index contributed by atoms with van der Waals surface area (Å²) in [5, 5.41) is 9.69. The molecule has 1 atom stereocenters. The molecule has 1 aromatic rings. The van der Waals surface area contributed by atoms with Crippen molar-refractivity contribution in [1.82, 2.24) is 4.98 Å². The Bertz CT molecular complexity index is 348. The summed E-state index contributed by atoms with van der Waals surface area (Å²) in [5.41, 5.74) is 0.921. The number of aliphatic hydroxyl groups is 1. The van der Waals surface area contributed by atoms with Gasteiger partial charge in [-0.15, -0.1) is 0 Å². The molecule has 0 radical (unpaired) electrons. The number of aromatic nitrogens is 1. The molecule has 88 valence electrons. The van der Waals surface area contributed by atoms with E-state index in [4.69, 9.17) is 0 Å². The van der Waals surface area contributed by atoms with Crippen LogP contribution in [-0.2, 0) is 0 Å². The zero-order valence-electron chi connectivity index (χ0n) is 10.1. The maximum atomic E-state index is 9.69. The molecule has 2 rings (SSSR count). The summed E-state index contributed by atoms with van der Waals surface area (Å²) in [7, 11) is 2.06. The second-order valence-electron chi connectivity index (χ2n) is 4.77. The van der Waals surface area contributed by atoms with Crippen LogP contribution in [-0.4, -0.2) is 23.7 Å². The van der Waals surface area contributed by atoms with Crippen LogP contribution < -0.4 is 4.90 Å². The van der Waals surface area contributed by atoms with Gasteiger partial charge in [-0.3, -0.25) is 0 Å². The van der Waals surface area contributed by atoms with Gasteiger partial charge in [0.15, 0.2) is 0 Å². The maximum absolute atomic E-state index is 9.69. The third-order valence-corrected chi connectivity index (χ3v) is 3.39. The van der Waals surface area contributed by atoms with E-state index in [9.17, 15) is 5.11 Å². The van der Waals surface area contributed by atoms with Crippen LogP contribution in [0.5, 0.6) is 0 Å². The minimum absolute atomic E-state index is 0.451. The minimum Gasteiger partial charge on any atom is -0.389 e. The zero-order valence-corrected chi connectivity index (χ0v) is 10.1. The molecule has 1 aliphatic carbocycles. The molecule has 16 heavy (non-hydrogen) atoms. The predicted molar refractivity (Wildman–Crippen MR) is 65.5 cm³/mol. The monoisotopic (exact) mass is 220 g/mol. The summed E-state index contributed by atoms with van der Waals surface area (Å²) in [4.78, 5) is 6.55. The Kier molecular flexibility index (Phi) is 3.44. The summed E-state index contributed by atoms with van der Waals surface area (Å²) >= 11 is 0. The van der Waals surface area contributed by atoms with Crippen molar-refractivity contribution < 1.29 is 5.11 Å². The van der Waals surface area contributed by atoms with Crippen molar-refractivity contribution in [2.75, 3.05) is 18.5 Å². The molecule has 1 aliphatic rings. The Morgan fingerprint density at radius 3 is 2.88 bits per heavy atom. The fourth-order valence-electron chi connectivity index (χ4n) is 2.20. The van der Waals surface area contributed by atoms with Crippen LogP contribution in [0, 0.1) is 5.92 Å². The highest BCUT2D eigenvalue weighted by Crippen LogP contribution is 2.29. The van der Waals surface area contributed by atoms with E-state index >= 15 is 0 Å². The minimum atomic E-state index is -0.451. The van der Waals surface area contributed by atoms with Gasteiger partial charge < -0.3 is 10.0 Å². The van der Waals surface area contributed by atoms with Crippen LogP contribution in [0.4, 0.5) is 5.82 Å². The molecule has 0 bridgehead atoms. The molecule has 1 aromatic heterocycles. The maximum Gasteiger partial charge on any atom is 0.134 e. The van der Waals surface area contributed by atoms with E-state index in [1.165, 1.54) is 19.3 Å². The van der Waals surface area contributed by atoms with Crippen molar-refractivity contribution in [2.24, 2.45) is 5.92 Å². The summed E-state index contributed by atoms with van der Waals surface area (Å²) in [5.74, 6) is 1.73. The first-order chi connectivity index (χ1) is 7.68. The van der Waals surface area contributed by atoms with Crippen molar-refractivity contribution in [3.63, 3.8) is 0 Å². The van der Waals surface area contributed by atoms with Crippen molar-refractivity contribution in [3.05, 3.63) is 23.9 Å².